The number of ether oxygens (including phenoxy) is 1. The van der Waals surface area contributed by atoms with Crippen LogP contribution in [0.5, 0.6) is 0 Å². The molecule has 0 aliphatic carbocycles. The first-order valence-electron chi connectivity index (χ1n) is 7.36. The van der Waals surface area contributed by atoms with Crippen molar-refractivity contribution < 1.29 is 9.53 Å². The molecule has 4 nitrogen and oxygen atoms in total. The maximum absolute atomic E-state index is 12.5. The van der Waals surface area contributed by atoms with Gasteiger partial charge in [-0.05, 0) is 24.3 Å². The predicted molar refractivity (Wildman–Crippen MR) is 81.7 cm³/mol. The molecule has 0 spiro atoms. The second-order valence-electron chi connectivity index (χ2n) is 5.16. The summed E-state index contributed by atoms with van der Waals surface area (Å²) in [7, 11) is 1.70. The molecule has 0 bridgehead atoms. The summed E-state index contributed by atoms with van der Waals surface area (Å²) in [6.45, 7) is 3.61. The molecule has 1 fully saturated rings. The number of nitrogens with one attached hydrogen (secondary N) is 1. The molecule has 5 heteroatoms. The van der Waals surface area contributed by atoms with Gasteiger partial charge in [0.25, 0.3) is 0 Å². The Balaban J connectivity index is 2.04. The van der Waals surface area contributed by atoms with E-state index in [0.717, 1.165) is 32.2 Å². The number of hydrogen-bond acceptors (Lipinski definition) is 4. The quantitative estimate of drug-likeness (QED) is 0.750. The lowest BCUT2D eigenvalue weighted by Gasteiger charge is -2.23. The van der Waals surface area contributed by atoms with Crippen molar-refractivity contribution in [1.82, 2.24) is 10.2 Å². The maximum Gasteiger partial charge on any atom is 0.241 e. The van der Waals surface area contributed by atoms with Gasteiger partial charge < -0.3 is 9.64 Å². The van der Waals surface area contributed by atoms with Crippen LogP contribution >= 0.6 is 11.3 Å². The van der Waals surface area contributed by atoms with Crippen LogP contribution in [0.3, 0.4) is 0 Å². The number of carbonyl (C=O) groups excluding carboxylic acids is 1. The normalized spacial score (nSPS) is 22.7. The zero-order valence-electron chi connectivity index (χ0n) is 12.3. The van der Waals surface area contributed by atoms with Crippen LogP contribution in [0.4, 0.5) is 0 Å². The first-order chi connectivity index (χ1) is 9.77. The second-order valence-corrected chi connectivity index (χ2v) is 6.14. The van der Waals surface area contributed by atoms with Crippen LogP contribution in [0.2, 0.25) is 0 Å². The smallest absolute Gasteiger partial charge is 0.241 e. The Kier molecular flexibility index (Phi) is 6.01. The number of nitrogens with zero attached hydrogens (tertiary/aromatic N) is 1. The molecule has 2 unspecified atom stereocenters. The number of rotatable bonds is 8. The number of thiophene rings is 1. The molecule has 1 N–H and O–H groups in total. The fourth-order valence-corrected chi connectivity index (χ4v) is 3.39. The van der Waals surface area contributed by atoms with Crippen molar-refractivity contribution in [1.29, 1.82) is 0 Å². The van der Waals surface area contributed by atoms with Crippen LogP contribution in [-0.4, -0.2) is 37.1 Å². The third kappa shape index (κ3) is 3.59. The summed E-state index contributed by atoms with van der Waals surface area (Å²) < 4.78 is 5.10. The molecule has 2 rings (SSSR count). The third-order valence-electron chi connectivity index (χ3n) is 3.66. The van der Waals surface area contributed by atoms with Crippen molar-refractivity contribution in [3.8, 4) is 0 Å². The van der Waals surface area contributed by atoms with Crippen LogP contribution < -0.4 is 5.32 Å². The lowest BCUT2D eigenvalue weighted by Crippen LogP contribution is -2.32. The van der Waals surface area contributed by atoms with Crippen molar-refractivity contribution in [2.24, 2.45) is 0 Å². The molecule has 1 aliphatic rings. The van der Waals surface area contributed by atoms with Gasteiger partial charge in [-0.2, -0.15) is 0 Å². The van der Waals surface area contributed by atoms with E-state index < -0.39 is 0 Å². The van der Waals surface area contributed by atoms with Gasteiger partial charge in [-0.15, -0.1) is 11.3 Å². The summed E-state index contributed by atoms with van der Waals surface area (Å²) >= 11 is 1.70. The number of carbonyl (C=O) groups is 1. The fourth-order valence-electron chi connectivity index (χ4n) is 2.60. The zero-order chi connectivity index (χ0) is 14.4. The van der Waals surface area contributed by atoms with E-state index in [-0.39, 0.29) is 18.1 Å². The van der Waals surface area contributed by atoms with E-state index in [9.17, 15) is 4.79 Å². The van der Waals surface area contributed by atoms with Gasteiger partial charge >= 0.3 is 0 Å². The number of hydrogen-bond donors (Lipinski definition) is 1. The van der Waals surface area contributed by atoms with E-state index in [1.165, 1.54) is 4.88 Å². The van der Waals surface area contributed by atoms with Crippen LogP contribution in [0.15, 0.2) is 17.5 Å². The van der Waals surface area contributed by atoms with Crippen LogP contribution in [0.1, 0.15) is 43.6 Å². The minimum atomic E-state index is -0.0235. The van der Waals surface area contributed by atoms with Crippen molar-refractivity contribution in [2.75, 3.05) is 20.3 Å². The van der Waals surface area contributed by atoms with E-state index in [2.05, 4.69) is 23.7 Å². The lowest BCUT2D eigenvalue weighted by molar-refractivity contribution is -0.130. The molecule has 0 aromatic carbocycles. The van der Waals surface area contributed by atoms with Crippen molar-refractivity contribution in [3.05, 3.63) is 22.4 Å². The van der Waals surface area contributed by atoms with E-state index in [1.54, 1.807) is 18.4 Å². The largest absolute Gasteiger partial charge is 0.385 e. The van der Waals surface area contributed by atoms with Gasteiger partial charge in [0.2, 0.25) is 5.91 Å². The van der Waals surface area contributed by atoms with Crippen molar-refractivity contribution in [3.63, 3.8) is 0 Å². The monoisotopic (exact) mass is 296 g/mol. The van der Waals surface area contributed by atoms with Crippen LogP contribution in [0, 0.1) is 0 Å². The Bertz CT molecular complexity index is 408. The fraction of sp³-hybridized carbons (Fsp3) is 0.667. The molecule has 112 valence electrons. The SMILES string of the molecule is CCCCC1NC(c2cccs2)N(CCCOC)C1=O. The Morgan fingerprint density at radius 3 is 2.95 bits per heavy atom. The highest BCUT2D eigenvalue weighted by molar-refractivity contribution is 7.10. The number of amides is 1. The third-order valence-corrected chi connectivity index (χ3v) is 4.58. The number of methoxy groups -OCH3 is 1. The molecular formula is C15H24N2O2S. The van der Waals surface area contributed by atoms with Gasteiger partial charge in [-0.25, -0.2) is 0 Å². The summed E-state index contributed by atoms with van der Waals surface area (Å²) in [6, 6.07) is 4.12. The molecule has 0 radical (unpaired) electrons. The Morgan fingerprint density at radius 1 is 1.45 bits per heavy atom. The highest BCUT2D eigenvalue weighted by Crippen LogP contribution is 2.30. The lowest BCUT2D eigenvalue weighted by atomic mass is 10.1. The van der Waals surface area contributed by atoms with Gasteiger partial charge in [-0.1, -0.05) is 25.8 Å². The molecule has 20 heavy (non-hydrogen) atoms. The highest BCUT2D eigenvalue weighted by atomic mass is 32.1. The summed E-state index contributed by atoms with van der Waals surface area (Å²) in [6.07, 6.45) is 4.07. The predicted octanol–water partition coefficient (Wildman–Crippen LogP) is 2.77. The Morgan fingerprint density at radius 2 is 2.30 bits per heavy atom. The van der Waals surface area contributed by atoms with Crippen LogP contribution in [0.25, 0.3) is 0 Å². The second kappa shape index (κ2) is 7.76. The summed E-state index contributed by atoms with van der Waals surface area (Å²) in [5.74, 6) is 0.243. The topological polar surface area (TPSA) is 41.6 Å². The first kappa shape index (κ1) is 15.5. The standard InChI is InChI=1S/C15H24N2O2S/c1-3-4-7-12-15(18)17(9-6-10-19-2)14(16-12)13-8-5-11-20-13/h5,8,11-12,14,16H,3-4,6-7,9-10H2,1-2H3. The molecule has 1 aromatic rings. The molecule has 1 aromatic heterocycles. The van der Waals surface area contributed by atoms with Crippen LogP contribution in [-0.2, 0) is 9.53 Å². The van der Waals surface area contributed by atoms with E-state index in [0.29, 0.717) is 6.61 Å². The van der Waals surface area contributed by atoms with E-state index in [4.69, 9.17) is 4.74 Å². The highest BCUT2D eigenvalue weighted by Gasteiger charge is 2.39. The summed E-state index contributed by atoms with van der Waals surface area (Å²) in [5, 5.41) is 5.56. The minimum absolute atomic E-state index is 0.0235. The van der Waals surface area contributed by atoms with Gasteiger partial charge in [0, 0.05) is 25.1 Å². The average molecular weight is 296 g/mol. The van der Waals surface area contributed by atoms with Crippen molar-refractivity contribution in [2.45, 2.75) is 44.8 Å². The molecule has 2 heterocycles. The molecule has 1 saturated heterocycles. The molecule has 0 saturated carbocycles. The average Bonchev–Trinajstić information content (AvgIpc) is 3.07. The van der Waals surface area contributed by atoms with Gasteiger partial charge in [0.1, 0.15) is 6.17 Å². The number of unbranched alkanes of at least 4 members (excludes halogenated alkanes) is 1. The molecule has 1 amide bonds. The summed E-state index contributed by atoms with van der Waals surface area (Å²) in [4.78, 5) is 15.7. The zero-order valence-corrected chi connectivity index (χ0v) is 13.1. The maximum atomic E-state index is 12.5. The Hall–Kier alpha value is -0.910. The minimum Gasteiger partial charge on any atom is -0.385 e. The Labute approximate surface area is 125 Å². The van der Waals surface area contributed by atoms with Crippen molar-refractivity contribution >= 4 is 17.2 Å². The molecule has 1 aliphatic heterocycles. The molecular weight excluding hydrogens is 272 g/mol. The first-order valence-corrected chi connectivity index (χ1v) is 8.24. The van der Waals surface area contributed by atoms with Gasteiger partial charge in [0.05, 0.1) is 6.04 Å². The molecule has 2 atom stereocenters. The van der Waals surface area contributed by atoms with Gasteiger partial charge in [-0.3, -0.25) is 10.1 Å². The van der Waals surface area contributed by atoms with Gasteiger partial charge in [0.15, 0.2) is 0 Å². The van der Waals surface area contributed by atoms with E-state index in [1.807, 2.05) is 11.0 Å². The van der Waals surface area contributed by atoms with E-state index >= 15 is 0 Å². The summed E-state index contributed by atoms with van der Waals surface area (Å²) in [5.41, 5.74) is 0.